The number of fused-ring (bicyclic) bond motifs is 1. The van der Waals surface area contributed by atoms with Gasteiger partial charge < -0.3 is 10.1 Å². The Kier molecular flexibility index (Phi) is 7.23. The van der Waals surface area contributed by atoms with Gasteiger partial charge in [0.05, 0.1) is 18.2 Å². The monoisotopic (exact) mass is 426 g/mol. The number of aromatic nitrogens is 5. The van der Waals surface area contributed by atoms with Crippen LogP contribution in [0.1, 0.15) is 70.0 Å². The van der Waals surface area contributed by atoms with Gasteiger partial charge in [0, 0.05) is 24.2 Å². The van der Waals surface area contributed by atoms with Crippen LogP contribution in [0, 0.1) is 6.92 Å². The van der Waals surface area contributed by atoms with Crippen LogP contribution in [0.3, 0.4) is 0 Å². The number of nitrogens with one attached hydrogen (secondary N) is 1. The third-order valence-electron chi connectivity index (χ3n) is 6.07. The number of aliphatic hydroxyl groups is 1. The van der Waals surface area contributed by atoms with Crippen molar-refractivity contribution in [2.24, 2.45) is 0 Å². The van der Waals surface area contributed by atoms with Crippen LogP contribution < -0.4 is 5.56 Å². The van der Waals surface area contributed by atoms with Crippen molar-refractivity contribution < 1.29 is 5.11 Å². The molecule has 168 valence electrons. The molecule has 2 heterocycles. The lowest BCUT2D eigenvalue weighted by atomic mass is 10.0. The van der Waals surface area contributed by atoms with Crippen LogP contribution in [0.15, 0.2) is 29.1 Å². The normalized spacial score (nSPS) is 13.3. The first-order chi connectivity index (χ1) is 14.8. The van der Waals surface area contributed by atoms with Crippen LogP contribution in [0.25, 0.3) is 10.9 Å². The highest BCUT2D eigenvalue weighted by atomic mass is 16.3. The summed E-state index contributed by atoms with van der Waals surface area (Å²) in [5.41, 5.74) is 2.27. The molecule has 1 unspecified atom stereocenters. The number of tetrazole rings is 1. The molecule has 0 bridgehead atoms. The Labute approximate surface area is 183 Å². The fourth-order valence-corrected chi connectivity index (χ4v) is 3.90. The molecule has 0 saturated heterocycles. The predicted octanol–water partition coefficient (Wildman–Crippen LogP) is 3.30. The predicted molar refractivity (Wildman–Crippen MR) is 122 cm³/mol. The molecule has 8 heteroatoms. The van der Waals surface area contributed by atoms with E-state index in [1.807, 2.05) is 35.9 Å². The number of benzene rings is 1. The Morgan fingerprint density at radius 1 is 1.26 bits per heavy atom. The highest BCUT2D eigenvalue weighted by Crippen LogP contribution is 2.29. The summed E-state index contributed by atoms with van der Waals surface area (Å²) in [5.74, 6) is 0.773. The lowest BCUT2D eigenvalue weighted by Crippen LogP contribution is -2.37. The maximum absolute atomic E-state index is 12.8. The molecule has 1 aromatic carbocycles. The van der Waals surface area contributed by atoms with E-state index in [4.69, 9.17) is 0 Å². The van der Waals surface area contributed by atoms with Crippen molar-refractivity contribution in [3.63, 3.8) is 0 Å². The molecule has 0 spiro atoms. The van der Waals surface area contributed by atoms with E-state index in [0.717, 1.165) is 41.6 Å². The third-order valence-corrected chi connectivity index (χ3v) is 6.07. The summed E-state index contributed by atoms with van der Waals surface area (Å²) in [6.45, 7) is 11.3. The molecule has 0 radical (unpaired) electrons. The zero-order valence-corrected chi connectivity index (χ0v) is 19.2. The number of aromatic amines is 1. The summed E-state index contributed by atoms with van der Waals surface area (Å²) in [6, 6.07) is 7.88. The number of aliphatic hydroxyl groups excluding tert-OH is 1. The summed E-state index contributed by atoms with van der Waals surface area (Å²) in [6.07, 6.45) is 2.64. The molecule has 31 heavy (non-hydrogen) atoms. The van der Waals surface area contributed by atoms with Gasteiger partial charge in [-0.05, 0) is 67.1 Å². The molecule has 2 aromatic heterocycles. The van der Waals surface area contributed by atoms with Gasteiger partial charge in [0.15, 0.2) is 5.82 Å². The van der Waals surface area contributed by atoms with Crippen LogP contribution >= 0.6 is 0 Å². The second-order valence-corrected chi connectivity index (χ2v) is 8.83. The molecular formula is C23H34N6O2. The molecule has 2 N–H and O–H groups in total. The van der Waals surface area contributed by atoms with E-state index in [1.54, 1.807) is 0 Å². The van der Waals surface area contributed by atoms with E-state index >= 15 is 0 Å². The number of nitrogens with zero attached hydrogens (tertiary/aromatic N) is 5. The molecule has 1 atom stereocenters. The van der Waals surface area contributed by atoms with Crippen molar-refractivity contribution >= 4 is 10.9 Å². The van der Waals surface area contributed by atoms with Gasteiger partial charge in [0.1, 0.15) is 0 Å². The summed E-state index contributed by atoms with van der Waals surface area (Å²) < 4.78 is 1.89. The molecule has 0 aliphatic rings. The topological polar surface area (TPSA) is 99.9 Å². The molecule has 3 rings (SSSR count). The standard InChI is InChI=1S/C23H34N6O2/c1-6-8-20(21-25-26-27-29(21)23(4,5)7-2)28(11-12-30)15-18-14-17-10-9-16(3)13-19(17)24-22(18)31/h9-10,13-14,20,30H,6-8,11-12,15H2,1-5H3,(H,24,31). The maximum Gasteiger partial charge on any atom is 0.252 e. The van der Waals surface area contributed by atoms with Gasteiger partial charge in [0.2, 0.25) is 0 Å². The lowest BCUT2D eigenvalue weighted by molar-refractivity contribution is 0.122. The van der Waals surface area contributed by atoms with Gasteiger partial charge in [-0.25, -0.2) is 4.68 Å². The van der Waals surface area contributed by atoms with Gasteiger partial charge in [-0.3, -0.25) is 9.69 Å². The average Bonchev–Trinajstić information content (AvgIpc) is 3.23. The number of H-pyrrole nitrogens is 1. The third kappa shape index (κ3) is 5.02. The van der Waals surface area contributed by atoms with Crippen LogP contribution in [0.2, 0.25) is 0 Å². The first kappa shape index (κ1) is 23.1. The Morgan fingerprint density at radius 3 is 2.71 bits per heavy atom. The van der Waals surface area contributed by atoms with Gasteiger partial charge >= 0.3 is 0 Å². The quantitative estimate of drug-likeness (QED) is 0.516. The van der Waals surface area contributed by atoms with E-state index in [0.29, 0.717) is 18.7 Å². The highest BCUT2D eigenvalue weighted by Gasteiger charge is 2.31. The minimum Gasteiger partial charge on any atom is -0.395 e. The van der Waals surface area contributed by atoms with Crippen molar-refractivity contribution in [3.8, 4) is 0 Å². The zero-order chi connectivity index (χ0) is 22.6. The van der Waals surface area contributed by atoms with Crippen LogP contribution in [0.4, 0.5) is 0 Å². The smallest absolute Gasteiger partial charge is 0.252 e. The molecule has 3 aromatic rings. The number of hydrogen-bond donors (Lipinski definition) is 2. The zero-order valence-electron chi connectivity index (χ0n) is 19.2. The SMILES string of the molecule is CCCC(c1nnnn1C(C)(C)CC)N(CCO)Cc1cc2ccc(C)cc2[nH]c1=O. The molecule has 0 fully saturated rings. The largest absolute Gasteiger partial charge is 0.395 e. The Bertz CT molecular complexity index is 1070. The fraction of sp³-hybridized carbons (Fsp3) is 0.565. The van der Waals surface area contributed by atoms with Crippen molar-refractivity contribution in [1.29, 1.82) is 0 Å². The van der Waals surface area contributed by atoms with Crippen molar-refractivity contribution in [3.05, 3.63) is 51.6 Å². The second-order valence-electron chi connectivity index (χ2n) is 8.83. The number of aryl methyl sites for hydroxylation is 1. The molecule has 0 amide bonds. The van der Waals surface area contributed by atoms with E-state index in [2.05, 4.69) is 53.1 Å². The summed E-state index contributed by atoms with van der Waals surface area (Å²) in [4.78, 5) is 18.0. The van der Waals surface area contributed by atoms with Crippen molar-refractivity contribution in [1.82, 2.24) is 30.1 Å². The highest BCUT2D eigenvalue weighted by molar-refractivity contribution is 5.79. The number of hydrogen-bond acceptors (Lipinski definition) is 6. The van der Waals surface area contributed by atoms with E-state index in [-0.39, 0.29) is 23.7 Å². The maximum atomic E-state index is 12.8. The van der Waals surface area contributed by atoms with E-state index < -0.39 is 0 Å². The molecule has 0 aliphatic heterocycles. The average molecular weight is 427 g/mol. The van der Waals surface area contributed by atoms with Crippen molar-refractivity contribution in [2.45, 2.75) is 72.0 Å². The van der Waals surface area contributed by atoms with Crippen LogP contribution in [-0.4, -0.2) is 48.3 Å². The summed E-state index contributed by atoms with van der Waals surface area (Å²) in [7, 11) is 0. The first-order valence-corrected chi connectivity index (χ1v) is 11.1. The second kappa shape index (κ2) is 9.70. The minimum absolute atomic E-state index is 0.0103. The molecule has 0 saturated carbocycles. The fourth-order valence-electron chi connectivity index (χ4n) is 3.90. The Balaban J connectivity index is 2.01. The molecular weight excluding hydrogens is 392 g/mol. The van der Waals surface area contributed by atoms with Crippen molar-refractivity contribution in [2.75, 3.05) is 13.2 Å². The number of rotatable bonds is 10. The van der Waals surface area contributed by atoms with Crippen LogP contribution in [0.5, 0.6) is 0 Å². The Hall–Kier alpha value is -2.58. The minimum atomic E-state index is -0.228. The first-order valence-electron chi connectivity index (χ1n) is 11.1. The van der Waals surface area contributed by atoms with Gasteiger partial charge in [-0.1, -0.05) is 32.4 Å². The van der Waals surface area contributed by atoms with Gasteiger partial charge in [-0.2, -0.15) is 0 Å². The van der Waals surface area contributed by atoms with E-state index in [9.17, 15) is 9.90 Å². The Morgan fingerprint density at radius 2 is 2.03 bits per heavy atom. The van der Waals surface area contributed by atoms with Crippen LogP contribution in [-0.2, 0) is 12.1 Å². The van der Waals surface area contributed by atoms with E-state index in [1.165, 1.54) is 0 Å². The lowest BCUT2D eigenvalue weighted by Gasteiger charge is -2.33. The summed E-state index contributed by atoms with van der Waals surface area (Å²) >= 11 is 0. The number of pyridine rings is 1. The van der Waals surface area contributed by atoms with Gasteiger partial charge in [0.25, 0.3) is 5.56 Å². The van der Waals surface area contributed by atoms with Gasteiger partial charge in [-0.15, -0.1) is 5.10 Å². The molecule has 8 nitrogen and oxygen atoms in total. The molecule has 0 aliphatic carbocycles. The summed E-state index contributed by atoms with van der Waals surface area (Å²) in [5, 5.41) is 23.4.